The first-order chi connectivity index (χ1) is 16.2. The highest BCUT2D eigenvalue weighted by Crippen LogP contribution is 2.59. The normalized spacial score (nSPS) is 22.0. The number of nitrogens with one attached hydrogen (secondary N) is 2. The third-order valence-electron chi connectivity index (χ3n) is 6.52. The van der Waals surface area contributed by atoms with E-state index in [9.17, 15) is 9.90 Å². The Balaban J connectivity index is 1.61. The van der Waals surface area contributed by atoms with Crippen LogP contribution in [0.4, 0.5) is 11.4 Å². The number of benzene rings is 3. The van der Waals surface area contributed by atoms with E-state index in [0.29, 0.717) is 28.3 Å². The van der Waals surface area contributed by atoms with E-state index in [1.54, 1.807) is 49.6 Å². The number of thiocarbonyl (C=S) groups is 1. The molecule has 5 N–H and O–H groups in total. The van der Waals surface area contributed by atoms with Gasteiger partial charge in [0.15, 0.2) is 5.11 Å². The lowest BCUT2D eigenvalue weighted by Crippen LogP contribution is -2.60. The minimum atomic E-state index is -2.03. The molecule has 1 aliphatic carbocycles. The molecular weight excluding hydrogens is 450 g/mol. The van der Waals surface area contributed by atoms with Crippen LogP contribution in [-0.2, 0) is 11.3 Å². The quantitative estimate of drug-likeness (QED) is 0.331. The number of rotatable bonds is 4. The van der Waals surface area contributed by atoms with Crippen LogP contribution in [0, 0.1) is 0 Å². The summed E-state index contributed by atoms with van der Waals surface area (Å²) in [5.74, 6) is -1.07. The number of nitrogen functional groups attached to an aromatic ring is 1. The minimum absolute atomic E-state index is 0.146. The number of carbonyl (C=O) groups is 1. The van der Waals surface area contributed by atoms with Gasteiger partial charge < -0.3 is 30.9 Å². The number of hydrogen-bond donors (Lipinski definition) is 4. The smallest absolute Gasteiger partial charge is 0.271 e. The van der Waals surface area contributed by atoms with Crippen molar-refractivity contribution in [3.8, 4) is 11.5 Å². The van der Waals surface area contributed by atoms with Crippen molar-refractivity contribution in [2.75, 3.05) is 18.2 Å². The van der Waals surface area contributed by atoms with Crippen molar-refractivity contribution < 1.29 is 19.4 Å². The summed E-state index contributed by atoms with van der Waals surface area (Å²) in [5, 5.41) is 18.3. The van der Waals surface area contributed by atoms with Crippen molar-refractivity contribution >= 4 is 34.5 Å². The molecule has 2 atom stereocenters. The fraction of sp³-hybridized carbons (Fsp3) is 0.231. The third kappa shape index (κ3) is 2.99. The molecular formula is C26H25N3O4S. The Morgan fingerprint density at radius 3 is 2.53 bits per heavy atom. The summed E-state index contributed by atoms with van der Waals surface area (Å²) < 4.78 is 11.4. The third-order valence-corrected chi connectivity index (χ3v) is 6.72. The topological polar surface area (TPSA) is 106 Å². The summed E-state index contributed by atoms with van der Waals surface area (Å²) in [5.41, 5.74) is 7.48. The molecule has 0 fully saturated rings. The average Bonchev–Trinajstić information content (AvgIpc) is 3.17. The summed E-state index contributed by atoms with van der Waals surface area (Å²) in [7, 11) is 1.59. The van der Waals surface area contributed by atoms with Gasteiger partial charge in [-0.3, -0.25) is 4.79 Å². The zero-order chi connectivity index (χ0) is 24.3. The van der Waals surface area contributed by atoms with Crippen LogP contribution in [0.5, 0.6) is 11.5 Å². The number of ether oxygens (including phenoxy) is 2. The minimum Gasteiger partial charge on any atom is -0.497 e. The lowest BCUT2D eigenvalue weighted by Gasteiger charge is -2.35. The largest absolute Gasteiger partial charge is 0.497 e. The van der Waals surface area contributed by atoms with Gasteiger partial charge in [0.05, 0.1) is 12.7 Å². The van der Waals surface area contributed by atoms with E-state index in [-0.39, 0.29) is 22.3 Å². The number of aliphatic hydroxyl groups is 1. The molecule has 174 valence electrons. The highest BCUT2D eigenvalue weighted by atomic mass is 32.1. The fourth-order valence-electron chi connectivity index (χ4n) is 4.75. The van der Waals surface area contributed by atoms with Crippen molar-refractivity contribution in [1.82, 2.24) is 5.32 Å². The molecule has 0 saturated carbocycles. The summed E-state index contributed by atoms with van der Waals surface area (Å²) in [6, 6.07) is 17.8. The first-order valence-corrected chi connectivity index (χ1v) is 11.3. The van der Waals surface area contributed by atoms with Crippen molar-refractivity contribution in [2.24, 2.45) is 0 Å². The van der Waals surface area contributed by atoms with E-state index in [4.69, 9.17) is 27.4 Å². The molecule has 0 aromatic heterocycles. The van der Waals surface area contributed by atoms with E-state index in [2.05, 4.69) is 24.5 Å². The van der Waals surface area contributed by atoms with Crippen LogP contribution in [0.15, 0.2) is 60.7 Å². The molecule has 3 aromatic carbocycles. The molecule has 0 spiro atoms. The van der Waals surface area contributed by atoms with E-state index in [0.717, 1.165) is 5.56 Å². The van der Waals surface area contributed by atoms with Crippen molar-refractivity contribution in [1.29, 1.82) is 0 Å². The molecule has 0 saturated heterocycles. The molecule has 1 aliphatic heterocycles. The molecule has 1 heterocycles. The molecule has 7 nitrogen and oxygen atoms in total. The molecule has 0 amide bonds. The highest BCUT2D eigenvalue weighted by molar-refractivity contribution is 7.80. The summed E-state index contributed by atoms with van der Waals surface area (Å²) >= 11 is 5.59. The predicted molar refractivity (Wildman–Crippen MR) is 134 cm³/mol. The van der Waals surface area contributed by atoms with Gasteiger partial charge in [0, 0.05) is 22.5 Å². The summed E-state index contributed by atoms with van der Waals surface area (Å²) in [6.45, 7) is 4.13. The number of anilines is 2. The molecule has 5 rings (SSSR count). The maximum Gasteiger partial charge on any atom is 0.271 e. The van der Waals surface area contributed by atoms with Crippen LogP contribution >= 0.6 is 12.2 Å². The fourth-order valence-corrected chi connectivity index (χ4v) is 5.02. The van der Waals surface area contributed by atoms with Gasteiger partial charge in [0.1, 0.15) is 11.5 Å². The van der Waals surface area contributed by atoms with Gasteiger partial charge in [-0.1, -0.05) is 38.1 Å². The Morgan fingerprint density at radius 1 is 1.12 bits per heavy atom. The van der Waals surface area contributed by atoms with E-state index < -0.39 is 17.1 Å². The second-order valence-electron chi connectivity index (χ2n) is 8.81. The first kappa shape index (κ1) is 22.2. The molecule has 0 radical (unpaired) electrons. The maximum absolute atomic E-state index is 14.0. The van der Waals surface area contributed by atoms with Crippen molar-refractivity contribution in [2.45, 2.75) is 31.1 Å². The zero-order valence-electron chi connectivity index (χ0n) is 19.0. The summed E-state index contributed by atoms with van der Waals surface area (Å²) in [4.78, 5) is 14.0. The number of nitrogens with two attached hydrogens (primary N) is 1. The van der Waals surface area contributed by atoms with Gasteiger partial charge in [-0.05, 0) is 60.1 Å². The summed E-state index contributed by atoms with van der Waals surface area (Å²) in [6.07, 6.45) is 0. The van der Waals surface area contributed by atoms with Gasteiger partial charge in [0.2, 0.25) is 11.3 Å². The van der Waals surface area contributed by atoms with E-state index in [1.807, 2.05) is 18.2 Å². The monoisotopic (exact) mass is 475 g/mol. The van der Waals surface area contributed by atoms with Gasteiger partial charge in [-0.25, -0.2) is 0 Å². The van der Waals surface area contributed by atoms with Crippen LogP contribution in [0.2, 0.25) is 0 Å². The van der Waals surface area contributed by atoms with Gasteiger partial charge in [0.25, 0.3) is 5.79 Å². The van der Waals surface area contributed by atoms with Crippen LogP contribution in [0.25, 0.3) is 0 Å². The van der Waals surface area contributed by atoms with Crippen LogP contribution in [0.3, 0.4) is 0 Å². The number of hydrogen-bond acceptors (Lipinski definition) is 6. The number of fused-ring (bicyclic) bond motifs is 5. The Bertz CT molecular complexity index is 1320. The van der Waals surface area contributed by atoms with Gasteiger partial charge in [-0.15, -0.1) is 0 Å². The standard InChI is InChI=1S/C26H25N3O4S/c1-14(2)15-7-12-18-21(13-15)33-26(31)19-5-4-6-20(27)22(19)23(30)25(18,26)29-24(34)28-16-8-10-17(32-3)11-9-16/h4-14,31H,27H2,1-3H3,(H2,28,29,34). The molecule has 34 heavy (non-hydrogen) atoms. The molecule has 8 heteroatoms. The van der Waals surface area contributed by atoms with Gasteiger partial charge in [-0.2, -0.15) is 0 Å². The van der Waals surface area contributed by atoms with Gasteiger partial charge >= 0.3 is 0 Å². The van der Waals surface area contributed by atoms with Crippen molar-refractivity contribution in [3.05, 3.63) is 82.9 Å². The Labute approximate surface area is 202 Å². The number of ketones is 1. The lowest BCUT2D eigenvalue weighted by atomic mass is 9.82. The molecule has 2 aliphatic rings. The van der Waals surface area contributed by atoms with Crippen LogP contribution in [0.1, 0.15) is 46.8 Å². The maximum atomic E-state index is 14.0. The lowest BCUT2D eigenvalue weighted by molar-refractivity contribution is -0.167. The zero-order valence-corrected chi connectivity index (χ0v) is 19.8. The SMILES string of the molecule is COc1ccc(NC(=S)NC23C(=O)c4c(N)cccc4C2(O)Oc2cc(C(C)C)ccc23)cc1. The van der Waals surface area contributed by atoms with Crippen LogP contribution in [-0.4, -0.2) is 23.1 Å². The molecule has 0 bridgehead atoms. The predicted octanol–water partition coefficient (Wildman–Crippen LogP) is 4.02. The number of methoxy groups -OCH3 is 1. The first-order valence-electron chi connectivity index (χ1n) is 10.9. The highest BCUT2D eigenvalue weighted by Gasteiger charge is 2.71. The molecule has 3 aromatic rings. The Kier molecular flexibility index (Phi) is 5.03. The average molecular weight is 476 g/mol. The molecule has 2 unspecified atom stereocenters. The van der Waals surface area contributed by atoms with E-state index >= 15 is 0 Å². The second-order valence-corrected chi connectivity index (χ2v) is 9.22. The van der Waals surface area contributed by atoms with E-state index in [1.165, 1.54) is 0 Å². The van der Waals surface area contributed by atoms with Crippen LogP contribution < -0.4 is 25.8 Å². The Hall–Kier alpha value is -3.62. The number of carbonyl (C=O) groups excluding carboxylic acids is 1. The Morgan fingerprint density at radius 2 is 1.85 bits per heavy atom. The van der Waals surface area contributed by atoms with Crippen molar-refractivity contribution in [3.63, 3.8) is 0 Å². The number of Topliss-reactive ketones (excluding diaryl/α,β-unsaturated/α-hetero) is 1. The second kappa shape index (κ2) is 7.72.